The maximum Gasteiger partial charge on any atom is 0.272 e. The van der Waals surface area contributed by atoms with Crippen molar-refractivity contribution in [3.63, 3.8) is 0 Å². The van der Waals surface area contributed by atoms with Crippen molar-refractivity contribution in [3.8, 4) is 0 Å². The quantitative estimate of drug-likeness (QED) is 0.853. The highest BCUT2D eigenvalue weighted by atomic mass is 32.2. The Labute approximate surface area is 147 Å². The molecule has 128 valence electrons. The number of anilines is 1. The average Bonchev–Trinajstić information content (AvgIpc) is 3.00. The van der Waals surface area contributed by atoms with Gasteiger partial charge in [-0.05, 0) is 13.2 Å². The Kier molecular flexibility index (Phi) is 5.14. The highest BCUT2D eigenvalue weighted by molar-refractivity contribution is 7.97. The van der Waals surface area contributed by atoms with Crippen LogP contribution in [0.25, 0.3) is 0 Å². The summed E-state index contributed by atoms with van der Waals surface area (Å²) in [5.74, 6) is 0.901. The fourth-order valence-corrected chi connectivity index (χ4v) is 3.65. The predicted octanol–water partition coefficient (Wildman–Crippen LogP) is 0.755. The molecule has 1 aliphatic rings. The van der Waals surface area contributed by atoms with Gasteiger partial charge in [0.15, 0.2) is 0 Å². The lowest BCUT2D eigenvalue weighted by Gasteiger charge is -2.34. The molecule has 2 aromatic rings. The van der Waals surface area contributed by atoms with Crippen LogP contribution < -0.4 is 10.5 Å². The summed E-state index contributed by atoms with van der Waals surface area (Å²) < 4.78 is 0. The number of aryl methyl sites for hydroxylation is 1. The Hall–Kier alpha value is -1.94. The summed E-state index contributed by atoms with van der Waals surface area (Å²) in [6.45, 7) is 4.46. The van der Waals surface area contributed by atoms with E-state index < -0.39 is 0 Å². The molecule has 1 fully saturated rings. The minimum atomic E-state index is -0.291. The molecular formula is C14H18N6O2S2. The molecule has 1 N–H and O–H groups in total. The number of carbonyl (C=O) groups excluding carboxylic acids is 1. The van der Waals surface area contributed by atoms with Gasteiger partial charge in [0.05, 0.1) is 5.75 Å². The van der Waals surface area contributed by atoms with Crippen LogP contribution in [-0.4, -0.2) is 63.4 Å². The summed E-state index contributed by atoms with van der Waals surface area (Å²) in [6, 6.07) is 1.27. The van der Waals surface area contributed by atoms with Crippen LogP contribution in [0.3, 0.4) is 0 Å². The van der Waals surface area contributed by atoms with Crippen LogP contribution in [0, 0.1) is 6.92 Å². The van der Waals surface area contributed by atoms with Crippen LogP contribution in [0.5, 0.6) is 0 Å². The number of aromatic amines is 1. The van der Waals surface area contributed by atoms with Gasteiger partial charge in [-0.15, -0.1) is 10.2 Å². The van der Waals surface area contributed by atoms with E-state index >= 15 is 0 Å². The van der Waals surface area contributed by atoms with Crippen LogP contribution in [0.2, 0.25) is 0 Å². The molecule has 3 heterocycles. The lowest BCUT2D eigenvalue weighted by atomic mass is 10.2. The zero-order valence-electron chi connectivity index (χ0n) is 13.5. The molecule has 1 amide bonds. The van der Waals surface area contributed by atoms with E-state index in [1.165, 1.54) is 6.07 Å². The molecule has 0 aromatic carbocycles. The molecule has 0 spiro atoms. The lowest BCUT2D eigenvalue weighted by Crippen LogP contribution is -2.49. The predicted molar refractivity (Wildman–Crippen MR) is 94.8 cm³/mol. The van der Waals surface area contributed by atoms with Gasteiger partial charge < -0.3 is 14.8 Å². The molecule has 0 atom stereocenters. The molecule has 3 rings (SSSR count). The van der Waals surface area contributed by atoms with Gasteiger partial charge in [-0.1, -0.05) is 11.3 Å². The molecule has 2 aromatic heterocycles. The smallest absolute Gasteiger partial charge is 0.272 e. The summed E-state index contributed by atoms with van der Waals surface area (Å²) in [5.41, 5.74) is -0.0802. The number of H-pyrrole nitrogens is 1. The summed E-state index contributed by atoms with van der Waals surface area (Å²) in [7, 11) is 0. The van der Waals surface area contributed by atoms with Crippen molar-refractivity contribution in [2.45, 2.75) is 12.7 Å². The van der Waals surface area contributed by atoms with Crippen LogP contribution >= 0.6 is 23.1 Å². The van der Waals surface area contributed by atoms with E-state index in [0.717, 1.165) is 10.1 Å². The summed E-state index contributed by atoms with van der Waals surface area (Å²) >= 11 is 3.09. The first kappa shape index (κ1) is 16.9. The number of rotatable bonds is 4. The number of nitrogens with one attached hydrogen (secondary N) is 1. The first-order valence-electron chi connectivity index (χ1n) is 7.50. The van der Waals surface area contributed by atoms with Gasteiger partial charge in [0, 0.05) is 32.2 Å². The van der Waals surface area contributed by atoms with Crippen molar-refractivity contribution >= 4 is 34.1 Å². The SMILES string of the molecule is CSCc1nc(C(=O)N2CCN(c3nnc(C)s3)CC2)cc(=O)[nH]1. The Morgan fingerprint density at radius 1 is 1.33 bits per heavy atom. The van der Waals surface area contributed by atoms with E-state index in [1.54, 1.807) is 28.0 Å². The average molecular weight is 366 g/mol. The second-order valence-electron chi connectivity index (χ2n) is 5.39. The third kappa shape index (κ3) is 3.75. The van der Waals surface area contributed by atoms with E-state index in [9.17, 15) is 9.59 Å². The van der Waals surface area contributed by atoms with E-state index in [-0.39, 0.29) is 17.2 Å². The minimum Gasteiger partial charge on any atom is -0.343 e. The molecular weight excluding hydrogens is 348 g/mol. The van der Waals surface area contributed by atoms with Gasteiger partial charge in [-0.3, -0.25) is 9.59 Å². The van der Waals surface area contributed by atoms with Crippen LogP contribution in [0.4, 0.5) is 5.13 Å². The van der Waals surface area contributed by atoms with E-state index in [1.807, 2.05) is 13.2 Å². The van der Waals surface area contributed by atoms with E-state index in [2.05, 4.69) is 25.1 Å². The molecule has 1 saturated heterocycles. The molecule has 0 bridgehead atoms. The number of carbonyl (C=O) groups is 1. The van der Waals surface area contributed by atoms with Crippen LogP contribution in [-0.2, 0) is 5.75 Å². The Morgan fingerprint density at radius 2 is 2.08 bits per heavy atom. The van der Waals surface area contributed by atoms with Gasteiger partial charge in [-0.2, -0.15) is 11.8 Å². The number of amides is 1. The number of thioether (sulfide) groups is 1. The summed E-state index contributed by atoms with van der Waals surface area (Å²) in [6.07, 6.45) is 1.92. The zero-order chi connectivity index (χ0) is 17.1. The minimum absolute atomic E-state index is 0.198. The van der Waals surface area contributed by atoms with Crippen molar-refractivity contribution < 1.29 is 4.79 Å². The maximum absolute atomic E-state index is 12.6. The van der Waals surface area contributed by atoms with Gasteiger partial charge >= 0.3 is 0 Å². The van der Waals surface area contributed by atoms with Crippen LogP contribution in [0.15, 0.2) is 10.9 Å². The number of nitrogens with zero attached hydrogens (tertiary/aromatic N) is 5. The van der Waals surface area contributed by atoms with E-state index in [4.69, 9.17) is 0 Å². The largest absolute Gasteiger partial charge is 0.343 e. The number of hydrogen-bond acceptors (Lipinski definition) is 8. The fourth-order valence-electron chi connectivity index (χ4n) is 2.50. The molecule has 0 aliphatic carbocycles. The highest BCUT2D eigenvalue weighted by Gasteiger charge is 2.25. The topological polar surface area (TPSA) is 95.1 Å². The third-order valence-corrected chi connectivity index (χ3v) is 5.11. The van der Waals surface area contributed by atoms with Crippen molar-refractivity contribution in [2.24, 2.45) is 0 Å². The lowest BCUT2D eigenvalue weighted by molar-refractivity contribution is 0.0740. The molecule has 0 saturated carbocycles. The maximum atomic E-state index is 12.6. The first-order valence-corrected chi connectivity index (χ1v) is 9.71. The van der Waals surface area contributed by atoms with Gasteiger partial charge in [-0.25, -0.2) is 4.98 Å². The van der Waals surface area contributed by atoms with Crippen molar-refractivity contribution in [1.82, 2.24) is 25.1 Å². The van der Waals surface area contributed by atoms with Crippen molar-refractivity contribution in [2.75, 3.05) is 37.3 Å². The monoisotopic (exact) mass is 366 g/mol. The molecule has 8 nitrogen and oxygen atoms in total. The summed E-state index contributed by atoms with van der Waals surface area (Å²) in [5, 5.41) is 9.98. The molecule has 10 heteroatoms. The first-order chi connectivity index (χ1) is 11.6. The standard InChI is InChI=1S/C14H18N6O2S2/c1-9-17-18-14(24-9)20-5-3-19(4-6-20)13(22)10-7-12(21)16-11(15-10)8-23-2/h7H,3-6,8H2,1-2H3,(H,15,16,21). The number of piperazine rings is 1. The van der Waals surface area contributed by atoms with Crippen LogP contribution in [0.1, 0.15) is 21.3 Å². The second kappa shape index (κ2) is 7.31. The normalized spacial score (nSPS) is 14.9. The molecule has 24 heavy (non-hydrogen) atoms. The van der Waals surface area contributed by atoms with Crippen molar-refractivity contribution in [1.29, 1.82) is 0 Å². The zero-order valence-corrected chi connectivity index (χ0v) is 15.1. The van der Waals surface area contributed by atoms with E-state index in [0.29, 0.717) is 37.8 Å². The van der Waals surface area contributed by atoms with Gasteiger partial charge in [0.1, 0.15) is 16.5 Å². The summed E-state index contributed by atoms with van der Waals surface area (Å²) in [4.78, 5) is 35.1. The third-order valence-electron chi connectivity index (χ3n) is 3.64. The Balaban J connectivity index is 1.68. The molecule has 0 radical (unpaired) electrons. The van der Waals surface area contributed by atoms with Crippen molar-refractivity contribution in [3.05, 3.63) is 32.9 Å². The fraction of sp³-hybridized carbons (Fsp3) is 0.500. The molecule has 1 aliphatic heterocycles. The highest BCUT2D eigenvalue weighted by Crippen LogP contribution is 2.21. The van der Waals surface area contributed by atoms with Gasteiger partial charge in [0.25, 0.3) is 11.5 Å². The van der Waals surface area contributed by atoms with Gasteiger partial charge in [0.2, 0.25) is 5.13 Å². The molecule has 0 unspecified atom stereocenters. The number of hydrogen-bond donors (Lipinski definition) is 1. The number of aromatic nitrogens is 4. The Bertz CT molecular complexity index is 782. The second-order valence-corrected chi connectivity index (χ2v) is 7.42. The Morgan fingerprint density at radius 3 is 2.71 bits per heavy atom.